The lowest BCUT2D eigenvalue weighted by atomic mass is 10.0. The van der Waals surface area contributed by atoms with Crippen molar-refractivity contribution in [2.75, 3.05) is 20.3 Å². The predicted octanol–water partition coefficient (Wildman–Crippen LogP) is 2.42. The van der Waals surface area contributed by atoms with E-state index in [2.05, 4.69) is 14.9 Å². The summed E-state index contributed by atoms with van der Waals surface area (Å²) in [7, 11) is 1.49. The molecule has 0 fully saturated rings. The summed E-state index contributed by atoms with van der Waals surface area (Å²) < 4.78 is 23.3. The standard InChI is InChI=1S/C18H23FN4O3S/c1-18(2,3)20-16(24)15(12-7-5-6-8-13(12)19)23(9-10-26-4)17(25)14-11-27-22-21-14/h5-8,11,15H,9-10H2,1-4H3,(H,20,24)/t15-/m0/s1. The number of carbonyl (C=O) groups excluding carboxylic acids is 2. The van der Waals surface area contributed by atoms with Crippen molar-refractivity contribution in [1.29, 1.82) is 0 Å². The maximum Gasteiger partial charge on any atom is 0.276 e. The van der Waals surface area contributed by atoms with Crippen molar-refractivity contribution in [3.8, 4) is 0 Å². The zero-order valence-electron chi connectivity index (χ0n) is 15.7. The van der Waals surface area contributed by atoms with Crippen LogP contribution in [-0.2, 0) is 9.53 Å². The Kier molecular flexibility index (Phi) is 6.98. The van der Waals surface area contributed by atoms with Gasteiger partial charge in [-0.1, -0.05) is 22.7 Å². The van der Waals surface area contributed by atoms with E-state index in [0.717, 1.165) is 11.5 Å². The van der Waals surface area contributed by atoms with Crippen molar-refractivity contribution in [2.24, 2.45) is 0 Å². The summed E-state index contributed by atoms with van der Waals surface area (Å²) >= 11 is 1.02. The number of aromatic nitrogens is 2. The molecule has 0 aliphatic heterocycles. The summed E-state index contributed by atoms with van der Waals surface area (Å²) in [5, 5.41) is 8.11. The first-order valence-corrected chi connectivity index (χ1v) is 9.21. The highest BCUT2D eigenvalue weighted by Gasteiger charge is 2.35. The number of benzene rings is 1. The molecule has 0 saturated heterocycles. The van der Waals surface area contributed by atoms with E-state index in [4.69, 9.17) is 4.74 Å². The largest absolute Gasteiger partial charge is 0.383 e. The highest BCUT2D eigenvalue weighted by molar-refractivity contribution is 7.03. The molecule has 0 radical (unpaired) electrons. The first kappa shape index (κ1) is 20.9. The topological polar surface area (TPSA) is 84.4 Å². The zero-order chi connectivity index (χ0) is 20.0. The van der Waals surface area contributed by atoms with E-state index in [1.54, 1.807) is 6.07 Å². The van der Waals surface area contributed by atoms with Crippen molar-refractivity contribution in [3.63, 3.8) is 0 Å². The minimum absolute atomic E-state index is 0.0867. The number of carbonyl (C=O) groups is 2. The van der Waals surface area contributed by atoms with Gasteiger partial charge in [0.15, 0.2) is 5.69 Å². The molecule has 2 rings (SSSR count). The monoisotopic (exact) mass is 394 g/mol. The van der Waals surface area contributed by atoms with Crippen molar-refractivity contribution >= 4 is 23.3 Å². The number of hydrogen-bond donors (Lipinski definition) is 1. The Hall–Kier alpha value is -2.39. The van der Waals surface area contributed by atoms with E-state index in [1.165, 1.54) is 35.6 Å². The van der Waals surface area contributed by atoms with Crippen LogP contribution in [0.15, 0.2) is 29.6 Å². The summed E-state index contributed by atoms with van der Waals surface area (Å²) in [5.74, 6) is -1.57. The molecule has 2 amide bonds. The van der Waals surface area contributed by atoms with Gasteiger partial charge in [0.1, 0.15) is 11.9 Å². The molecular formula is C18H23FN4O3S. The first-order chi connectivity index (χ1) is 12.7. The molecule has 0 spiro atoms. The number of nitrogens with one attached hydrogen (secondary N) is 1. The second-order valence-corrected chi connectivity index (χ2v) is 7.55. The third-order valence-electron chi connectivity index (χ3n) is 3.63. The van der Waals surface area contributed by atoms with Crippen molar-refractivity contribution < 1.29 is 18.7 Å². The quantitative estimate of drug-likeness (QED) is 0.780. The first-order valence-electron chi connectivity index (χ1n) is 8.38. The second kappa shape index (κ2) is 9.01. The molecular weight excluding hydrogens is 371 g/mol. The Labute approximate surface area is 161 Å². The molecule has 0 unspecified atom stereocenters. The van der Waals surface area contributed by atoms with E-state index < -0.39 is 29.2 Å². The van der Waals surface area contributed by atoms with Crippen LogP contribution in [0.2, 0.25) is 0 Å². The maximum absolute atomic E-state index is 14.5. The third kappa shape index (κ3) is 5.54. The van der Waals surface area contributed by atoms with Crippen LogP contribution >= 0.6 is 11.5 Å². The van der Waals surface area contributed by atoms with Gasteiger partial charge in [0.2, 0.25) is 5.91 Å². The van der Waals surface area contributed by atoms with Gasteiger partial charge >= 0.3 is 0 Å². The van der Waals surface area contributed by atoms with Gasteiger partial charge in [-0.2, -0.15) is 0 Å². The summed E-state index contributed by atoms with van der Waals surface area (Å²) in [6, 6.07) is 4.74. The highest BCUT2D eigenvalue weighted by atomic mass is 32.1. The fraction of sp³-hybridized carbons (Fsp3) is 0.444. The molecule has 7 nitrogen and oxygen atoms in total. The normalized spacial score (nSPS) is 12.5. The molecule has 1 aromatic carbocycles. The summed E-state index contributed by atoms with van der Waals surface area (Å²) in [6.07, 6.45) is 0. The van der Waals surface area contributed by atoms with Crippen LogP contribution in [0.4, 0.5) is 4.39 Å². The molecule has 2 aromatic rings. The van der Waals surface area contributed by atoms with Crippen LogP contribution in [0.5, 0.6) is 0 Å². The number of ether oxygens (including phenoxy) is 1. The lowest BCUT2D eigenvalue weighted by Gasteiger charge is -2.33. The molecule has 0 saturated carbocycles. The van der Waals surface area contributed by atoms with Crippen molar-refractivity contribution in [1.82, 2.24) is 19.8 Å². The van der Waals surface area contributed by atoms with Gasteiger partial charge in [-0.15, -0.1) is 5.10 Å². The molecule has 0 aliphatic carbocycles. The molecule has 0 bridgehead atoms. The van der Waals surface area contributed by atoms with E-state index in [1.807, 2.05) is 20.8 Å². The number of rotatable bonds is 7. The van der Waals surface area contributed by atoms with Crippen LogP contribution in [0.1, 0.15) is 42.9 Å². The number of amides is 2. The number of methoxy groups -OCH3 is 1. The zero-order valence-corrected chi connectivity index (χ0v) is 16.5. The van der Waals surface area contributed by atoms with Crippen molar-refractivity contribution in [3.05, 3.63) is 46.7 Å². The summed E-state index contributed by atoms with van der Waals surface area (Å²) in [6.45, 7) is 5.71. The highest BCUT2D eigenvalue weighted by Crippen LogP contribution is 2.26. The average Bonchev–Trinajstić information content (AvgIpc) is 3.12. The molecule has 1 heterocycles. The minimum atomic E-state index is -1.17. The van der Waals surface area contributed by atoms with E-state index in [-0.39, 0.29) is 24.4 Å². The predicted molar refractivity (Wildman–Crippen MR) is 99.9 cm³/mol. The minimum Gasteiger partial charge on any atom is -0.383 e. The van der Waals surface area contributed by atoms with Crippen LogP contribution in [0.3, 0.4) is 0 Å². The molecule has 0 aliphatic rings. The second-order valence-electron chi connectivity index (χ2n) is 6.94. The summed E-state index contributed by atoms with van der Waals surface area (Å²) in [5.41, 5.74) is -0.355. The van der Waals surface area contributed by atoms with Crippen LogP contribution in [-0.4, -0.2) is 52.1 Å². The molecule has 1 N–H and O–H groups in total. The number of hydrogen-bond acceptors (Lipinski definition) is 6. The maximum atomic E-state index is 14.5. The average molecular weight is 394 g/mol. The Bertz CT molecular complexity index is 777. The molecule has 27 heavy (non-hydrogen) atoms. The SMILES string of the molecule is COCCN(C(=O)c1csnn1)[C@H](C(=O)NC(C)(C)C)c1ccccc1F. The van der Waals surface area contributed by atoms with E-state index in [0.29, 0.717) is 0 Å². The fourth-order valence-electron chi connectivity index (χ4n) is 2.53. The Morgan fingerprint density at radius 1 is 1.33 bits per heavy atom. The molecule has 146 valence electrons. The van der Waals surface area contributed by atoms with Gasteiger partial charge < -0.3 is 15.0 Å². The van der Waals surface area contributed by atoms with Crippen LogP contribution in [0, 0.1) is 5.82 Å². The van der Waals surface area contributed by atoms with Gasteiger partial charge in [-0.25, -0.2) is 4.39 Å². The number of halogens is 1. The van der Waals surface area contributed by atoms with Gasteiger partial charge in [-0.05, 0) is 38.4 Å². The molecule has 9 heteroatoms. The van der Waals surface area contributed by atoms with Crippen molar-refractivity contribution in [2.45, 2.75) is 32.4 Å². The van der Waals surface area contributed by atoms with Crippen LogP contribution < -0.4 is 5.32 Å². The third-order valence-corrected chi connectivity index (χ3v) is 4.14. The van der Waals surface area contributed by atoms with E-state index >= 15 is 0 Å². The lowest BCUT2D eigenvalue weighted by molar-refractivity contribution is -0.127. The van der Waals surface area contributed by atoms with Gasteiger partial charge in [0, 0.05) is 30.1 Å². The summed E-state index contributed by atoms with van der Waals surface area (Å²) in [4.78, 5) is 27.3. The van der Waals surface area contributed by atoms with Gasteiger partial charge in [0.05, 0.1) is 6.61 Å². The van der Waals surface area contributed by atoms with Crippen LogP contribution in [0.25, 0.3) is 0 Å². The van der Waals surface area contributed by atoms with E-state index in [9.17, 15) is 14.0 Å². The molecule has 1 atom stereocenters. The lowest BCUT2D eigenvalue weighted by Crippen LogP contribution is -2.50. The smallest absolute Gasteiger partial charge is 0.276 e. The fourth-order valence-corrected chi connectivity index (χ4v) is 2.96. The van der Waals surface area contributed by atoms with Gasteiger partial charge in [-0.3, -0.25) is 9.59 Å². The Morgan fingerprint density at radius 2 is 2.04 bits per heavy atom. The Balaban J connectivity index is 2.50. The van der Waals surface area contributed by atoms with Gasteiger partial charge in [0.25, 0.3) is 5.91 Å². The Morgan fingerprint density at radius 3 is 2.59 bits per heavy atom. The molecule has 1 aromatic heterocycles. The number of nitrogens with zero attached hydrogens (tertiary/aromatic N) is 3.